The predicted octanol–water partition coefficient (Wildman–Crippen LogP) is 0.367. The maximum Gasteiger partial charge on any atom is 0.244 e. The Morgan fingerprint density at radius 3 is 3.00 bits per heavy atom. The van der Waals surface area contributed by atoms with Crippen molar-refractivity contribution in [2.75, 3.05) is 0 Å². The van der Waals surface area contributed by atoms with E-state index in [-0.39, 0.29) is 6.42 Å². The van der Waals surface area contributed by atoms with Crippen molar-refractivity contribution in [1.29, 1.82) is 0 Å². The monoisotopic (exact) mass is 123 g/mol. The number of carbonyl (C=O) groups excluding carboxylic acids is 1. The summed E-state index contributed by atoms with van der Waals surface area (Å²) < 4.78 is 0. The summed E-state index contributed by atoms with van der Waals surface area (Å²) in [6.45, 7) is 0. The van der Waals surface area contributed by atoms with Gasteiger partial charge in [0.2, 0.25) is 5.91 Å². The highest BCUT2D eigenvalue weighted by Gasteiger charge is 1.96. The van der Waals surface area contributed by atoms with Crippen LogP contribution in [0, 0.1) is 0 Å². The number of rotatable bonds is 2. The lowest BCUT2D eigenvalue weighted by Crippen LogP contribution is -2.01. The molecule has 1 amide bonds. The van der Waals surface area contributed by atoms with Crippen molar-refractivity contribution in [3.8, 4) is 0 Å². The van der Waals surface area contributed by atoms with Crippen LogP contribution in [0.2, 0.25) is 0 Å². The second-order valence-electron chi connectivity index (χ2n) is 1.80. The summed E-state index contributed by atoms with van der Waals surface area (Å²) >= 11 is 0. The summed E-state index contributed by atoms with van der Waals surface area (Å²) in [7, 11) is 0. The minimum absolute atomic E-state index is 0.187. The topological polar surface area (TPSA) is 56.7 Å². The second kappa shape index (κ2) is 2.35. The predicted molar refractivity (Wildman–Crippen MR) is 32.6 cm³/mol. The molecular weight excluding hydrogens is 116 g/mol. The van der Waals surface area contributed by atoms with Crippen LogP contribution in [0.5, 0.6) is 0 Å². The van der Waals surface area contributed by atoms with Crippen molar-refractivity contribution in [3.05, 3.63) is 24.0 Å². The van der Waals surface area contributed by atoms with E-state index in [1.54, 1.807) is 18.3 Å². The van der Waals surface area contributed by atoms with E-state index < -0.39 is 5.91 Å². The molecule has 0 aliphatic carbocycles. The largest absolute Gasteiger partial charge is 0.365 e. The summed E-state index contributed by atoms with van der Waals surface area (Å²) in [5.41, 5.74) is 7.40. The Morgan fingerprint density at radius 2 is 2.56 bits per heavy atom. The van der Waals surface area contributed by atoms with E-state index in [1.807, 2.05) is 0 Å². The quantitative estimate of drug-likeness (QED) is 0.606. The number of H-pyrrole nitrogens is 1. The molecule has 2 N–H and O–H groups in total. The molecule has 1 aromatic heterocycles. The minimum atomic E-state index is -0.558. The maximum atomic E-state index is 10.2. The van der Waals surface area contributed by atoms with Gasteiger partial charge in [-0.1, -0.05) is 0 Å². The van der Waals surface area contributed by atoms with Crippen LogP contribution < -0.4 is 5.73 Å². The molecule has 3 heteroatoms. The second-order valence-corrected chi connectivity index (χ2v) is 1.80. The summed E-state index contributed by atoms with van der Waals surface area (Å²) in [6, 6.07) is 3.59. The van der Waals surface area contributed by atoms with Crippen LogP contribution in [0.1, 0.15) is 5.69 Å². The van der Waals surface area contributed by atoms with Crippen molar-refractivity contribution in [2.24, 2.45) is 0 Å². The number of nitrogens with one attached hydrogen (secondary N) is 2. The van der Waals surface area contributed by atoms with E-state index in [9.17, 15) is 4.79 Å². The van der Waals surface area contributed by atoms with Crippen molar-refractivity contribution in [2.45, 2.75) is 6.42 Å². The van der Waals surface area contributed by atoms with Gasteiger partial charge < -0.3 is 4.98 Å². The van der Waals surface area contributed by atoms with E-state index in [0.717, 1.165) is 5.69 Å². The number of aromatic nitrogens is 1. The maximum absolute atomic E-state index is 10.2. The van der Waals surface area contributed by atoms with Gasteiger partial charge in [-0.25, -0.2) is 0 Å². The first kappa shape index (κ1) is 5.88. The molecule has 0 aliphatic rings. The number of hydrogen-bond donors (Lipinski definition) is 1. The van der Waals surface area contributed by atoms with Gasteiger partial charge in [0, 0.05) is 11.9 Å². The third-order valence-electron chi connectivity index (χ3n) is 1.01. The smallest absolute Gasteiger partial charge is 0.244 e. The van der Waals surface area contributed by atoms with Gasteiger partial charge in [-0.15, -0.1) is 0 Å². The Labute approximate surface area is 52.9 Å². The lowest BCUT2D eigenvalue weighted by atomic mass is 10.3. The summed E-state index contributed by atoms with van der Waals surface area (Å²) in [4.78, 5) is 13.0. The van der Waals surface area contributed by atoms with E-state index in [0.29, 0.717) is 0 Å². The molecule has 1 radical (unpaired) electrons. The Morgan fingerprint density at radius 1 is 1.78 bits per heavy atom. The van der Waals surface area contributed by atoms with Crippen LogP contribution in [-0.4, -0.2) is 10.9 Å². The van der Waals surface area contributed by atoms with Crippen LogP contribution >= 0.6 is 0 Å². The molecule has 0 aliphatic heterocycles. The first-order valence-electron chi connectivity index (χ1n) is 2.66. The number of aromatic amines is 1. The molecular formula is C6H7N2O. The fourth-order valence-electron chi connectivity index (χ4n) is 0.650. The van der Waals surface area contributed by atoms with Gasteiger partial charge in [-0.3, -0.25) is 10.5 Å². The molecule has 1 rings (SSSR count). The van der Waals surface area contributed by atoms with E-state index in [1.165, 1.54) is 0 Å². The Bertz CT molecular complexity index is 191. The van der Waals surface area contributed by atoms with Crippen LogP contribution in [0.4, 0.5) is 0 Å². The Balaban J connectivity index is 2.58. The molecule has 0 spiro atoms. The lowest BCUT2D eigenvalue weighted by molar-refractivity contribution is -0.118. The fourth-order valence-corrected chi connectivity index (χ4v) is 0.650. The van der Waals surface area contributed by atoms with Crippen molar-refractivity contribution >= 4 is 5.91 Å². The van der Waals surface area contributed by atoms with Crippen LogP contribution in [-0.2, 0) is 11.2 Å². The van der Waals surface area contributed by atoms with Crippen molar-refractivity contribution < 1.29 is 4.79 Å². The molecule has 0 bridgehead atoms. The van der Waals surface area contributed by atoms with Gasteiger partial charge in [0.1, 0.15) is 0 Å². The Hall–Kier alpha value is -1.25. The fraction of sp³-hybridized carbons (Fsp3) is 0.167. The molecule has 47 valence electrons. The van der Waals surface area contributed by atoms with E-state index >= 15 is 0 Å². The standard InChI is InChI=1S/C6H7N2O/c7-6(9)4-5-2-1-3-8-5/h1-3,7-8H,4H2. The zero-order chi connectivity index (χ0) is 6.69. The molecule has 1 aromatic rings. The molecule has 0 aromatic carbocycles. The zero-order valence-corrected chi connectivity index (χ0v) is 4.85. The number of amides is 1. The SMILES string of the molecule is [NH]C(=O)Cc1ccc[nH]1. The first-order chi connectivity index (χ1) is 4.29. The first-order valence-corrected chi connectivity index (χ1v) is 2.66. The zero-order valence-electron chi connectivity index (χ0n) is 4.85. The molecule has 9 heavy (non-hydrogen) atoms. The lowest BCUT2D eigenvalue weighted by Gasteiger charge is -1.86. The molecule has 3 nitrogen and oxygen atoms in total. The van der Waals surface area contributed by atoms with Crippen LogP contribution in [0.3, 0.4) is 0 Å². The highest BCUT2D eigenvalue weighted by Crippen LogP contribution is 1.93. The van der Waals surface area contributed by atoms with Crippen LogP contribution in [0.15, 0.2) is 18.3 Å². The third-order valence-corrected chi connectivity index (χ3v) is 1.01. The highest BCUT2D eigenvalue weighted by atomic mass is 16.1. The molecule has 1 heterocycles. The molecule has 0 saturated heterocycles. The molecule has 0 unspecified atom stereocenters. The molecule has 0 atom stereocenters. The van der Waals surface area contributed by atoms with E-state index in [4.69, 9.17) is 5.73 Å². The summed E-state index contributed by atoms with van der Waals surface area (Å²) in [5, 5.41) is 0. The average molecular weight is 123 g/mol. The Kier molecular flexibility index (Phi) is 1.53. The van der Waals surface area contributed by atoms with E-state index in [2.05, 4.69) is 4.98 Å². The van der Waals surface area contributed by atoms with Gasteiger partial charge in [0.15, 0.2) is 0 Å². The van der Waals surface area contributed by atoms with Crippen molar-refractivity contribution in [1.82, 2.24) is 10.7 Å². The number of carbonyl (C=O) groups is 1. The summed E-state index contributed by atoms with van der Waals surface area (Å²) in [5.74, 6) is -0.558. The van der Waals surface area contributed by atoms with Gasteiger partial charge in [0.05, 0.1) is 6.42 Å². The van der Waals surface area contributed by atoms with Crippen LogP contribution in [0.25, 0.3) is 0 Å². The van der Waals surface area contributed by atoms with Gasteiger partial charge >= 0.3 is 0 Å². The number of hydrogen-bond acceptors (Lipinski definition) is 1. The third kappa shape index (κ3) is 1.60. The molecule has 0 saturated carbocycles. The normalized spacial score (nSPS) is 9.33. The minimum Gasteiger partial charge on any atom is -0.365 e. The van der Waals surface area contributed by atoms with Gasteiger partial charge in [-0.2, -0.15) is 0 Å². The highest BCUT2D eigenvalue weighted by molar-refractivity contribution is 5.75. The van der Waals surface area contributed by atoms with Gasteiger partial charge in [-0.05, 0) is 12.1 Å². The van der Waals surface area contributed by atoms with Crippen molar-refractivity contribution in [3.63, 3.8) is 0 Å². The molecule has 0 fully saturated rings. The summed E-state index contributed by atoms with van der Waals surface area (Å²) in [6.07, 6.45) is 1.92. The van der Waals surface area contributed by atoms with Gasteiger partial charge in [0.25, 0.3) is 0 Å². The average Bonchev–Trinajstić information content (AvgIpc) is 2.15.